The molecule has 4 aromatic rings. The standard InChI is InChI=1S/C24H21FN4O/c25-21-13-19(22-15-28-24(26)29-22)10-11-20(21)14-27-23(30)12-16-6-8-18(9-7-16)17-4-2-1-3-5-17/h1-11,13,15H,12,14H2,(H,27,30)(H3,26,28,29). The SMILES string of the molecule is Nc1ncc(-c2ccc(CNC(=O)Cc3ccc(-c4ccccc4)cc3)c(F)c2)[nH]1. The molecule has 6 heteroatoms. The van der Waals surface area contributed by atoms with Crippen molar-refractivity contribution < 1.29 is 9.18 Å². The van der Waals surface area contributed by atoms with Gasteiger partial charge in [0, 0.05) is 17.7 Å². The minimum Gasteiger partial charge on any atom is -0.369 e. The first-order chi connectivity index (χ1) is 14.6. The number of imidazole rings is 1. The van der Waals surface area contributed by atoms with Crippen molar-refractivity contribution in [2.45, 2.75) is 13.0 Å². The topological polar surface area (TPSA) is 83.8 Å². The first-order valence-electron chi connectivity index (χ1n) is 9.59. The zero-order valence-corrected chi connectivity index (χ0v) is 16.2. The number of carbonyl (C=O) groups is 1. The van der Waals surface area contributed by atoms with E-state index < -0.39 is 5.82 Å². The molecule has 0 spiro atoms. The zero-order valence-electron chi connectivity index (χ0n) is 16.2. The summed E-state index contributed by atoms with van der Waals surface area (Å²) in [6, 6.07) is 22.7. The number of benzene rings is 3. The molecule has 4 rings (SSSR count). The van der Waals surface area contributed by atoms with Gasteiger partial charge in [0.15, 0.2) is 5.95 Å². The van der Waals surface area contributed by atoms with Gasteiger partial charge in [0.2, 0.25) is 5.91 Å². The molecule has 0 fully saturated rings. The van der Waals surface area contributed by atoms with Crippen LogP contribution in [0.25, 0.3) is 22.4 Å². The lowest BCUT2D eigenvalue weighted by Gasteiger charge is -2.08. The summed E-state index contributed by atoms with van der Waals surface area (Å²) in [7, 11) is 0. The van der Waals surface area contributed by atoms with Crippen molar-refractivity contribution in [2.24, 2.45) is 0 Å². The molecular weight excluding hydrogens is 379 g/mol. The van der Waals surface area contributed by atoms with Crippen LogP contribution in [0.15, 0.2) is 79.0 Å². The molecule has 1 amide bonds. The number of amides is 1. The third-order valence-electron chi connectivity index (χ3n) is 4.86. The Morgan fingerprint density at radius 1 is 0.967 bits per heavy atom. The predicted molar refractivity (Wildman–Crippen MR) is 116 cm³/mol. The largest absolute Gasteiger partial charge is 0.369 e. The van der Waals surface area contributed by atoms with Gasteiger partial charge in [-0.15, -0.1) is 0 Å². The summed E-state index contributed by atoms with van der Waals surface area (Å²) in [6.45, 7) is 0.123. The van der Waals surface area contributed by atoms with Crippen LogP contribution in [0.3, 0.4) is 0 Å². The van der Waals surface area contributed by atoms with Crippen LogP contribution in [0.5, 0.6) is 0 Å². The van der Waals surface area contributed by atoms with Crippen molar-refractivity contribution in [1.29, 1.82) is 0 Å². The summed E-state index contributed by atoms with van der Waals surface area (Å²) in [5.41, 5.74) is 10.4. The molecule has 0 aliphatic carbocycles. The van der Waals surface area contributed by atoms with E-state index in [0.717, 1.165) is 16.7 Å². The smallest absolute Gasteiger partial charge is 0.224 e. The van der Waals surface area contributed by atoms with Crippen LogP contribution in [-0.4, -0.2) is 15.9 Å². The number of hydrogen-bond acceptors (Lipinski definition) is 3. The zero-order chi connectivity index (χ0) is 20.9. The number of nitrogens with zero attached hydrogens (tertiary/aromatic N) is 1. The summed E-state index contributed by atoms with van der Waals surface area (Å²) in [5.74, 6) is -0.279. The highest BCUT2D eigenvalue weighted by atomic mass is 19.1. The number of H-pyrrole nitrogens is 1. The van der Waals surface area contributed by atoms with Crippen LogP contribution in [0.1, 0.15) is 11.1 Å². The van der Waals surface area contributed by atoms with Gasteiger partial charge in [0.1, 0.15) is 5.82 Å². The molecule has 0 radical (unpaired) electrons. The van der Waals surface area contributed by atoms with Crippen molar-refractivity contribution >= 4 is 11.9 Å². The monoisotopic (exact) mass is 400 g/mol. The highest BCUT2D eigenvalue weighted by molar-refractivity contribution is 5.79. The number of hydrogen-bond donors (Lipinski definition) is 3. The fraction of sp³-hybridized carbons (Fsp3) is 0.0833. The number of nitrogen functional groups attached to an aromatic ring is 1. The van der Waals surface area contributed by atoms with E-state index in [9.17, 15) is 9.18 Å². The molecule has 1 heterocycles. The fourth-order valence-corrected chi connectivity index (χ4v) is 3.23. The van der Waals surface area contributed by atoms with E-state index in [1.54, 1.807) is 18.3 Å². The van der Waals surface area contributed by atoms with Crippen LogP contribution in [0.2, 0.25) is 0 Å². The molecule has 0 unspecified atom stereocenters. The van der Waals surface area contributed by atoms with E-state index >= 15 is 0 Å². The lowest BCUT2D eigenvalue weighted by molar-refractivity contribution is -0.120. The quantitative estimate of drug-likeness (QED) is 0.451. The Hall–Kier alpha value is -3.93. The lowest BCUT2D eigenvalue weighted by atomic mass is 10.0. The summed E-state index contributed by atoms with van der Waals surface area (Å²) in [5, 5.41) is 2.78. The second-order valence-corrected chi connectivity index (χ2v) is 7.00. The van der Waals surface area contributed by atoms with Crippen LogP contribution in [0.4, 0.5) is 10.3 Å². The molecule has 0 bridgehead atoms. The summed E-state index contributed by atoms with van der Waals surface area (Å²) in [6.07, 6.45) is 1.79. The summed E-state index contributed by atoms with van der Waals surface area (Å²) >= 11 is 0. The van der Waals surface area contributed by atoms with Crippen molar-refractivity contribution in [2.75, 3.05) is 5.73 Å². The number of nitrogens with two attached hydrogens (primary N) is 1. The number of carbonyl (C=O) groups excluding carboxylic acids is 1. The highest BCUT2D eigenvalue weighted by Gasteiger charge is 2.09. The Balaban J connectivity index is 1.34. The molecule has 0 atom stereocenters. The van der Waals surface area contributed by atoms with Gasteiger partial charge in [-0.25, -0.2) is 9.37 Å². The molecule has 150 valence electrons. The van der Waals surface area contributed by atoms with Crippen LogP contribution < -0.4 is 11.1 Å². The van der Waals surface area contributed by atoms with E-state index in [1.807, 2.05) is 54.6 Å². The van der Waals surface area contributed by atoms with E-state index in [0.29, 0.717) is 16.8 Å². The van der Waals surface area contributed by atoms with E-state index in [-0.39, 0.29) is 24.8 Å². The van der Waals surface area contributed by atoms with E-state index in [1.165, 1.54) is 6.07 Å². The third-order valence-corrected chi connectivity index (χ3v) is 4.86. The minimum absolute atomic E-state index is 0.123. The van der Waals surface area contributed by atoms with Gasteiger partial charge in [-0.3, -0.25) is 4.79 Å². The normalized spacial score (nSPS) is 10.7. The average molecular weight is 400 g/mol. The number of aromatic amines is 1. The number of nitrogens with one attached hydrogen (secondary N) is 2. The van der Waals surface area contributed by atoms with Crippen molar-refractivity contribution in [3.63, 3.8) is 0 Å². The van der Waals surface area contributed by atoms with E-state index in [4.69, 9.17) is 5.73 Å². The summed E-state index contributed by atoms with van der Waals surface area (Å²) < 4.78 is 14.4. The molecule has 0 aliphatic heterocycles. The van der Waals surface area contributed by atoms with Crippen LogP contribution >= 0.6 is 0 Å². The fourth-order valence-electron chi connectivity index (χ4n) is 3.23. The van der Waals surface area contributed by atoms with Crippen LogP contribution in [0, 0.1) is 5.82 Å². The predicted octanol–water partition coefficient (Wildman–Crippen LogP) is 4.32. The first kappa shape index (κ1) is 19.4. The Morgan fingerprint density at radius 2 is 1.67 bits per heavy atom. The van der Waals surface area contributed by atoms with Crippen molar-refractivity contribution in [1.82, 2.24) is 15.3 Å². The molecule has 30 heavy (non-hydrogen) atoms. The Labute approximate surface area is 173 Å². The second-order valence-electron chi connectivity index (χ2n) is 7.00. The molecule has 0 saturated heterocycles. The number of halogens is 1. The van der Waals surface area contributed by atoms with Crippen LogP contribution in [-0.2, 0) is 17.8 Å². The maximum absolute atomic E-state index is 14.4. The number of rotatable bonds is 6. The Kier molecular flexibility index (Phi) is 5.57. The second kappa shape index (κ2) is 8.61. The van der Waals surface area contributed by atoms with Crippen molar-refractivity contribution in [3.05, 3.63) is 95.9 Å². The lowest BCUT2D eigenvalue weighted by Crippen LogP contribution is -2.25. The first-order valence-corrected chi connectivity index (χ1v) is 9.59. The molecule has 3 aromatic carbocycles. The molecular formula is C24H21FN4O. The Morgan fingerprint density at radius 3 is 2.33 bits per heavy atom. The molecule has 0 aliphatic rings. The van der Waals surface area contributed by atoms with Gasteiger partial charge < -0.3 is 16.0 Å². The molecule has 1 aromatic heterocycles. The average Bonchev–Trinajstić information content (AvgIpc) is 3.20. The van der Waals surface area contributed by atoms with Crippen molar-refractivity contribution in [3.8, 4) is 22.4 Å². The highest BCUT2D eigenvalue weighted by Crippen LogP contribution is 2.21. The maximum atomic E-state index is 14.4. The van der Waals surface area contributed by atoms with Gasteiger partial charge in [-0.2, -0.15) is 0 Å². The maximum Gasteiger partial charge on any atom is 0.224 e. The molecule has 0 saturated carbocycles. The van der Waals surface area contributed by atoms with Gasteiger partial charge in [0.25, 0.3) is 0 Å². The van der Waals surface area contributed by atoms with Gasteiger partial charge in [-0.1, -0.05) is 66.7 Å². The van der Waals surface area contributed by atoms with Gasteiger partial charge >= 0.3 is 0 Å². The third kappa shape index (κ3) is 4.55. The van der Waals surface area contributed by atoms with Gasteiger partial charge in [0.05, 0.1) is 18.3 Å². The van der Waals surface area contributed by atoms with E-state index in [2.05, 4.69) is 15.3 Å². The summed E-state index contributed by atoms with van der Waals surface area (Å²) in [4.78, 5) is 19.1. The molecule has 4 N–H and O–H groups in total. The molecule has 5 nitrogen and oxygen atoms in total. The number of anilines is 1. The number of aromatic nitrogens is 2. The Bertz CT molecular complexity index is 1150. The van der Waals surface area contributed by atoms with Gasteiger partial charge in [-0.05, 0) is 22.8 Å². The minimum atomic E-state index is -0.395.